The fourth-order valence-corrected chi connectivity index (χ4v) is 15.9. The van der Waals surface area contributed by atoms with Gasteiger partial charge in [0.05, 0.1) is 46.3 Å². The Bertz CT molecular complexity index is 3010. The van der Waals surface area contributed by atoms with Crippen molar-refractivity contribution in [2.45, 2.75) is 135 Å². The minimum atomic E-state index is -2.01. The number of rotatable bonds is 5. The van der Waals surface area contributed by atoms with E-state index in [1.54, 1.807) is 0 Å². The molecule has 80 heavy (non-hydrogen) atoms. The molecular formula is C57H68O23. The molecule has 23 heteroatoms. The molecule has 2 heterocycles. The summed E-state index contributed by atoms with van der Waals surface area (Å²) in [5, 5.41) is 152. The molecule has 7 aliphatic rings. The van der Waals surface area contributed by atoms with Gasteiger partial charge in [0.25, 0.3) is 0 Å². The minimum Gasteiger partial charge on any atom is -0.504 e. The van der Waals surface area contributed by atoms with E-state index in [9.17, 15) is 85.9 Å². The van der Waals surface area contributed by atoms with Crippen LogP contribution in [0.5, 0.6) is 51.7 Å². The molecule has 14 atom stereocenters. The number of ether oxygens (including phenoxy) is 5. The van der Waals surface area contributed by atoms with E-state index in [0.717, 1.165) is 17.7 Å². The van der Waals surface area contributed by atoms with Gasteiger partial charge in [0, 0.05) is 11.1 Å². The van der Waals surface area contributed by atoms with Crippen LogP contribution >= 0.6 is 0 Å². The van der Waals surface area contributed by atoms with E-state index in [1.807, 2.05) is 6.92 Å². The van der Waals surface area contributed by atoms with Crippen molar-refractivity contribution in [1.29, 1.82) is 0 Å². The second kappa shape index (κ2) is 19.2. The van der Waals surface area contributed by atoms with Gasteiger partial charge < -0.3 is 95.2 Å². The fourth-order valence-electron chi connectivity index (χ4n) is 15.9. The summed E-state index contributed by atoms with van der Waals surface area (Å²) < 4.78 is 29.3. The molecule has 5 aliphatic carbocycles. The molecule has 23 nitrogen and oxygen atoms in total. The molecule has 0 unspecified atom stereocenters. The first kappa shape index (κ1) is 56.5. The van der Waals surface area contributed by atoms with Crippen LogP contribution in [0.4, 0.5) is 0 Å². The molecule has 0 radical (unpaired) electrons. The van der Waals surface area contributed by atoms with E-state index in [0.29, 0.717) is 57.1 Å². The predicted octanol–water partition coefficient (Wildman–Crippen LogP) is 4.33. The monoisotopic (exact) mass is 1120 g/mol. The zero-order valence-corrected chi connectivity index (χ0v) is 44.6. The van der Waals surface area contributed by atoms with E-state index < -0.39 is 205 Å². The Morgan fingerprint density at radius 1 is 0.650 bits per heavy atom. The highest BCUT2D eigenvalue weighted by molar-refractivity contribution is 6.08. The number of hydrogen-bond acceptors (Lipinski definition) is 23. The third-order valence-electron chi connectivity index (χ3n) is 20.3. The van der Waals surface area contributed by atoms with Gasteiger partial charge in [-0.3, -0.25) is 4.79 Å². The van der Waals surface area contributed by atoms with Crippen LogP contribution in [-0.4, -0.2) is 158 Å². The number of aliphatic hydroxyl groups excluding tert-OH is 5. The van der Waals surface area contributed by atoms with Gasteiger partial charge in [-0.2, -0.15) is 0 Å². The first-order valence-corrected chi connectivity index (χ1v) is 26.7. The number of esters is 4. The van der Waals surface area contributed by atoms with Crippen molar-refractivity contribution >= 4 is 23.9 Å². The number of allylic oxidation sites excluding steroid dienone is 2. The number of aliphatic hydroxyl groups is 5. The number of benzene rings is 3. The highest BCUT2D eigenvalue weighted by Gasteiger charge is 2.72. The van der Waals surface area contributed by atoms with Crippen LogP contribution in [-0.2, 0) is 28.5 Å². The molecule has 3 aromatic rings. The maximum Gasteiger partial charge on any atom is 0.339 e. The van der Waals surface area contributed by atoms with Crippen LogP contribution in [0.15, 0.2) is 35.9 Å². The number of fused-ring (bicyclic) bond motifs is 11. The first-order valence-electron chi connectivity index (χ1n) is 26.7. The Hall–Kier alpha value is -6.76. The topological polar surface area (TPSA) is 398 Å². The largest absolute Gasteiger partial charge is 0.504 e. The Morgan fingerprint density at radius 3 is 1.76 bits per heavy atom. The average Bonchev–Trinajstić information content (AvgIpc) is 3.27. The van der Waals surface area contributed by atoms with Gasteiger partial charge in [0.1, 0.15) is 25.4 Å². The van der Waals surface area contributed by atoms with Crippen LogP contribution in [0.2, 0.25) is 0 Å². The van der Waals surface area contributed by atoms with E-state index >= 15 is 4.79 Å². The van der Waals surface area contributed by atoms with Crippen molar-refractivity contribution in [3.63, 3.8) is 0 Å². The van der Waals surface area contributed by atoms with Crippen molar-refractivity contribution in [3.8, 4) is 62.9 Å². The lowest BCUT2D eigenvalue weighted by molar-refractivity contribution is -0.297. The van der Waals surface area contributed by atoms with Gasteiger partial charge in [0.2, 0.25) is 17.8 Å². The smallest absolute Gasteiger partial charge is 0.339 e. The molecular weight excluding hydrogens is 1050 g/mol. The molecule has 4 saturated carbocycles. The molecule has 5 fully saturated rings. The van der Waals surface area contributed by atoms with E-state index in [1.165, 1.54) is 0 Å². The molecule has 10 rings (SSSR count). The van der Waals surface area contributed by atoms with E-state index in [4.69, 9.17) is 23.7 Å². The van der Waals surface area contributed by atoms with Crippen LogP contribution < -0.4 is 0 Å². The van der Waals surface area contributed by atoms with Gasteiger partial charge in [-0.1, -0.05) is 46.3 Å². The SMILES string of the molecule is CC1(C)CC[C@]2(C(=O)O[C@@H]3O[C@H](CO)[C@@H](O)[C@H](OC(=O)c4cc(O)c(O)c(O)c4)[C@H]3O)CC[C@]3(C)C(=CC[C@@H]4[C@@]5(C)C[C@@H](O)[C@H](O)C6(COC(=O)c7cc(O)c(O)c(O)c7-c7c(cc(O)c(O)c7O)C(=O)OC6)[C@H]5CC[C@]43C)[C@H]2C1. The zero-order valence-electron chi connectivity index (χ0n) is 44.6. The van der Waals surface area contributed by atoms with Crippen molar-refractivity contribution < 1.29 is 114 Å². The molecule has 0 bridgehead atoms. The Balaban J connectivity index is 0.980. The summed E-state index contributed by atoms with van der Waals surface area (Å²) >= 11 is 0. The minimum absolute atomic E-state index is 0.0475. The van der Waals surface area contributed by atoms with Gasteiger partial charge in [0.15, 0.2) is 52.5 Å². The number of carbonyl (C=O) groups is 4. The Kier molecular flexibility index (Phi) is 13.6. The second-order valence-electron chi connectivity index (χ2n) is 24.8. The van der Waals surface area contributed by atoms with Crippen molar-refractivity contribution in [3.05, 3.63) is 52.6 Å². The summed E-state index contributed by atoms with van der Waals surface area (Å²) in [6.45, 7) is 8.30. The highest BCUT2D eigenvalue weighted by atomic mass is 16.7. The molecule has 1 saturated heterocycles. The molecule has 3 aromatic carbocycles. The third-order valence-corrected chi connectivity index (χ3v) is 20.3. The lowest BCUT2D eigenvalue weighted by Crippen LogP contribution is -2.70. The van der Waals surface area contributed by atoms with Crippen LogP contribution in [0.25, 0.3) is 11.1 Å². The predicted molar refractivity (Wildman–Crippen MR) is 272 cm³/mol. The molecule has 2 aliphatic heterocycles. The summed E-state index contributed by atoms with van der Waals surface area (Å²) in [5.41, 5.74) is -7.83. The summed E-state index contributed by atoms with van der Waals surface area (Å²) in [7, 11) is 0. The highest BCUT2D eigenvalue weighted by Crippen LogP contribution is 2.76. The Morgan fingerprint density at radius 2 is 1.20 bits per heavy atom. The van der Waals surface area contributed by atoms with Crippen LogP contribution in [0.1, 0.15) is 123 Å². The maximum absolute atomic E-state index is 15.2. The van der Waals surface area contributed by atoms with Gasteiger partial charge in [-0.15, -0.1) is 0 Å². The number of aromatic hydroxyl groups is 9. The summed E-state index contributed by atoms with van der Waals surface area (Å²) in [6, 6.07) is 2.99. The van der Waals surface area contributed by atoms with Crippen LogP contribution in [0.3, 0.4) is 0 Å². The lowest BCUT2D eigenvalue weighted by atomic mass is 9.33. The Labute approximate surface area is 457 Å². The summed E-state index contributed by atoms with van der Waals surface area (Å²) in [5.74, 6) is -15.3. The summed E-state index contributed by atoms with van der Waals surface area (Å²) in [6.07, 6.45) is -6.73. The van der Waals surface area contributed by atoms with Crippen molar-refractivity contribution in [2.75, 3.05) is 19.8 Å². The van der Waals surface area contributed by atoms with E-state index in [2.05, 4.69) is 33.8 Å². The standard InChI is InChI=1S/C57H68O23/c1-52(2)10-12-56(51(75)80-50-44(70)45(41(67)33(20-58)78-50)79-47(72)23-14-28(59)38(64)29(60)15-23)13-11-54(4)26(27(56)18-52)6-7-34-53(3)19-32(63)46(71)57(35(53)8-9-55(34,54)5)21-76-48(73)24-16-30(61)39(65)42(68)36(24)37-25(49(74)77-22-57)17-31(62)40(66)43(37)69/h6,14-17,27,32-35,41,44-46,50,58-71H,7-13,18-22H2,1-5H3/t27-,32-,33-,34-,35+,41-,44-,45+,46+,50+,53-,54-,55-,56+/m1/s1. The van der Waals surface area contributed by atoms with Gasteiger partial charge in [-0.05, 0) is 121 Å². The third kappa shape index (κ3) is 8.18. The number of hydrogen-bond donors (Lipinski definition) is 14. The number of carbonyl (C=O) groups excluding carboxylic acids is 4. The van der Waals surface area contributed by atoms with Gasteiger partial charge >= 0.3 is 23.9 Å². The number of cyclic esters (lactones) is 2. The number of phenolic OH excluding ortho intramolecular Hbond substituents is 9. The van der Waals surface area contributed by atoms with Gasteiger partial charge in [-0.25, -0.2) is 14.4 Å². The van der Waals surface area contributed by atoms with Crippen molar-refractivity contribution in [2.24, 2.45) is 50.2 Å². The van der Waals surface area contributed by atoms with E-state index in [-0.39, 0.29) is 24.2 Å². The molecule has 0 aromatic heterocycles. The molecule has 0 amide bonds. The second-order valence-corrected chi connectivity index (χ2v) is 24.8. The lowest BCUT2D eigenvalue weighted by Gasteiger charge is -2.71. The number of phenols is 9. The van der Waals surface area contributed by atoms with Crippen LogP contribution in [0, 0.1) is 50.2 Å². The average molecular weight is 1120 g/mol. The zero-order chi connectivity index (χ0) is 58.3. The quantitative estimate of drug-likeness (QED) is 0.0731. The normalized spacial score (nSPS) is 36.1. The molecule has 14 N–H and O–H groups in total. The fraction of sp³-hybridized carbons (Fsp3) is 0.579. The molecule has 434 valence electrons. The summed E-state index contributed by atoms with van der Waals surface area (Å²) in [4.78, 5) is 57.2. The maximum atomic E-state index is 15.2. The first-order chi connectivity index (χ1) is 37.4. The molecule has 1 spiro atoms. The van der Waals surface area contributed by atoms with Crippen molar-refractivity contribution in [1.82, 2.24) is 0 Å².